The summed E-state index contributed by atoms with van der Waals surface area (Å²) in [5, 5.41) is 9.40. The molecule has 1 aliphatic rings. The second-order valence-corrected chi connectivity index (χ2v) is 8.42. The number of ether oxygens (including phenoxy) is 1. The zero-order chi connectivity index (χ0) is 21.8. The normalized spacial score (nSPS) is 14.4. The molecule has 7 heteroatoms. The number of halogens is 1. The van der Waals surface area contributed by atoms with E-state index in [1.54, 1.807) is 38.1 Å². The minimum absolute atomic E-state index is 0.0346. The van der Waals surface area contributed by atoms with Gasteiger partial charge in [0.2, 0.25) is 0 Å². The number of benzene rings is 2. The van der Waals surface area contributed by atoms with Gasteiger partial charge in [0.1, 0.15) is 5.75 Å². The first-order valence-electron chi connectivity index (χ1n) is 10.3. The Labute approximate surface area is 187 Å². The molecule has 0 N–H and O–H groups in total. The number of amides is 1. The molecule has 3 aromatic rings. The van der Waals surface area contributed by atoms with Gasteiger partial charge in [-0.05, 0) is 50.2 Å². The van der Waals surface area contributed by atoms with E-state index >= 15 is 0 Å². The lowest BCUT2D eigenvalue weighted by atomic mass is 10.1. The largest absolute Gasteiger partial charge is 0.478 e. The van der Waals surface area contributed by atoms with Crippen LogP contribution in [0.3, 0.4) is 0 Å². The van der Waals surface area contributed by atoms with Crippen LogP contribution in [0.15, 0.2) is 66.7 Å². The number of carbonyl (C=O) groups excluding carboxylic acids is 1. The highest BCUT2D eigenvalue weighted by atomic mass is 35.5. The number of hydrogen-bond donors (Lipinski definition) is 0. The topological polar surface area (TPSA) is 58.6 Å². The van der Waals surface area contributed by atoms with Gasteiger partial charge in [-0.25, -0.2) is 0 Å². The minimum Gasteiger partial charge on any atom is -0.478 e. The van der Waals surface area contributed by atoms with Crippen molar-refractivity contribution in [3.8, 4) is 17.0 Å². The Kier molecular flexibility index (Phi) is 6.09. The van der Waals surface area contributed by atoms with Crippen LogP contribution in [0, 0.1) is 0 Å². The molecule has 0 atom stereocenters. The lowest BCUT2D eigenvalue weighted by molar-refractivity contribution is -0.145. The van der Waals surface area contributed by atoms with Crippen molar-refractivity contribution in [2.75, 3.05) is 31.1 Å². The van der Waals surface area contributed by atoms with E-state index in [1.165, 1.54) is 0 Å². The van der Waals surface area contributed by atoms with Gasteiger partial charge in [-0.15, -0.1) is 10.2 Å². The summed E-state index contributed by atoms with van der Waals surface area (Å²) < 4.78 is 5.95. The van der Waals surface area contributed by atoms with Crippen molar-refractivity contribution >= 4 is 23.3 Å². The van der Waals surface area contributed by atoms with Gasteiger partial charge in [-0.2, -0.15) is 0 Å². The zero-order valence-corrected chi connectivity index (χ0v) is 18.4. The second-order valence-electron chi connectivity index (χ2n) is 7.99. The molecule has 0 bridgehead atoms. The summed E-state index contributed by atoms with van der Waals surface area (Å²) in [5.41, 5.74) is 0.923. The highest BCUT2D eigenvalue weighted by Crippen LogP contribution is 2.24. The number of hydrogen-bond acceptors (Lipinski definition) is 5. The molecule has 1 aromatic heterocycles. The van der Waals surface area contributed by atoms with Crippen LogP contribution < -0.4 is 9.64 Å². The molecule has 0 radical (unpaired) electrons. The van der Waals surface area contributed by atoms with E-state index in [-0.39, 0.29) is 5.91 Å². The second kappa shape index (κ2) is 8.94. The van der Waals surface area contributed by atoms with E-state index in [4.69, 9.17) is 16.3 Å². The van der Waals surface area contributed by atoms with Gasteiger partial charge in [-0.1, -0.05) is 41.9 Å². The number of anilines is 1. The molecule has 160 valence electrons. The fourth-order valence-corrected chi connectivity index (χ4v) is 3.74. The van der Waals surface area contributed by atoms with Crippen LogP contribution in [-0.2, 0) is 4.79 Å². The third kappa shape index (κ3) is 4.97. The van der Waals surface area contributed by atoms with Gasteiger partial charge in [0.25, 0.3) is 5.91 Å². The molecule has 6 nitrogen and oxygen atoms in total. The fraction of sp³-hybridized carbons (Fsp3) is 0.292. The monoisotopic (exact) mass is 436 g/mol. The molecule has 1 aliphatic heterocycles. The SMILES string of the molecule is CC(C)(Oc1ccc(Cl)cc1)C(=O)N1CCN(c2ccc(-c3ccccc3)nn2)CC1. The predicted octanol–water partition coefficient (Wildman–Crippen LogP) is 4.30. The van der Waals surface area contributed by atoms with Gasteiger partial charge >= 0.3 is 0 Å². The van der Waals surface area contributed by atoms with Crippen LogP contribution in [-0.4, -0.2) is 52.8 Å². The maximum absolute atomic E-state index is 13.1. The molecule has 1 saturated heterocycles. The van der Waals surface area contributed by atoms with Crippen molar-refractivity contribution in [1.29, 1.82) is 0 Å². The first-order valence-corrected chi connectivity index (χ1v) is 10.7. The highest BCUT2D eigenvalue weighted by Gasteiger charge is 2.36. The quantitative estimate of drug-likeness (QED) is 0.596. The van der Waals surface area contributed by atoms with Crippen LogP contribution in [0.1, 0.15) is 13.8 Å². The van der Waals surface area contributed by atoms with Gasteiger partial charge in [0.05, 0.1) is 5.69 Å². The smallest absolute Gasteiger partial charge is 0.266 e. The average molecular weight is 437 g/mol. The Morgan fingerprint density at radius 1 is 0.903 bits per heavy atom. The molecule has 1 fully saturated rings. The number of carbonyl (C=O) groups is 1. The van der Waals surface area contributed by atoms with E-state index in [9.17, 15) is 4.79 Å². The third-order valence-electron chi connectivity index (χ3n) is 5.31. The number of rotatable bonds is 5. The zero-order valence-electron chi connectivity index (χ0n) is 17.7. The standard InChI is InChI=1S/C24H25ClN4O2/c1-24(2,31-20-10-8-19(25)9-11-20)23(30)29-16-14-28(15-17-29)22-13-12-21(26-27-22)18-6-4-3-5-7-18/h3-13H,14-17H2,1-2H3. The first-order chi connectivity index (χ1) is 14.9. The van der Waals surface area contributed by atoms with Crippen LogP contribution >= 0.6 is 11.6 Å². The molecular formula is C24H25ClN4O2. The molecule has 4 rings (SSSR count). The molecule has 1 amide bonds. The third-order valence-corrected chi connectivity index (χ3v) is 5.56. The van der Waals surface area contributed by atoms with Crippen LogP contribution in [0.25, 0.3) is 11.3 Å². The van der Waals surface area contributed by atoms with Gasteiger partial charge < -0.3 is 14.5 Å². The van der Waals surface area contributed by atoms with Crippen molar-refractivity contribution in [2.24, 2.45) is 0 Å². The maximum atomic E-state index is 13.1. The summed E-state index contributed by atoms with van der Waals surface area (Å²) in [7, 11) is 0. The lowest BCUT2D eigenvalue weighted by Crippen LogP contribution is -2.56. The number of aromatic nitrogens is 2. The summed E-state index contributed by atoms with van der Waals surface area (Å²) in [5.74, 6) is 1.41. The Hall–Kier alpha value is -3.12. The van der Waals surface area contributed by atoms with Gasteiger partial charge in [0, 0.05) is 36.8 Å². The Morgan fingerprint density at radius 2 is 1.58 bits per heavy atom. The maximum Gasteiger partial charge on any atom is 0.266 e. The van der Waals surface area contributed by atoms with Crippen LogP contribution in [0.2, 0.25) is 5.02 Å². The van der Waals surface area contributed by atoms with Gasteiger partial charge in [-0.3, -0.25) is 4.79 Å². The van der Waals surface area contributed by atoms with Crippen molar-refractivity contribution in [3.63, 3.8) is 0 Å². The summed E-state index contributed by atoms with van der Waals surface area (Å²) in [6, 6.07) is 21.0. The Bertz CT molecular complexity index is 1020. The molecule has 0 spiro atoms. The summed E-state index contributed by atoms with van der Waals surface area (Å²) in [4.78, 5) is 17.1. The minimum atomic E-state index is -0.965. The summed E-state index contributed by atoms with van der Waals surface area (Å²) >= 11 is 5.93. The average Bonchev–Trinajstić information content (AvgIpc) is 2.81. The van der Waals surface area contributed by atoms with E-state index in [1.807, 2.05) is 47.4 Å². The summed E-state index contributed by atoms with van der Waals surface area (Å²) in [6.07, 6.45) is 0. The molecule has 0 saturated carbocycles. The molecule has 2 heterocycles. The molecular weight excluding hydrogens is 412 g/mol. The number of nitrogens with zero attached hydrogens (tertiary/aromatic N) is 4. The lowest BCUT2D eigenvalue weighted by Gasteiger charge is -2.38. The molecule has 0 unspecified atom stereocenters. The van der Waals surface area contributed by atoms with E-state index in [0.29, 0.717) is 37.0 Å². The van der Waals surface area contributed by atoms with Crippen LogP contribution in [0.5, 0.6) is 5.75 Å². The van der Waals surface area contributed by atoms with Crippen molar-refractivity contribution in [2.45, 2.75) is 19.4 Å². The highest BCUT2D eigenvalue weighted by molar-refractivity contribution is 6.30. The summed E-state index contributed by atoms with van der Waals surface area (Å²) in [6.45, 7) is 6.20. The Balaban J connectivity index is 1.35. The van der Waals surface area contributed by atoms with Crippen molar-refractivity contribution in [3.05, 3.63) is 71.8 Å². The van der Waals surface area contributed by atoms with E-state index in [2.05, 4.69) is 15.1 Å². The molecule has 31 heavy (non-hydrogen) atoms. The fourth-order valence-electron chi connectivity index (χ4n) is 3.62. The van der Waals surface area contributed by atoms with Gasteiger partial charge in [0.15, 0.2) is 11.4 Å². The van der Waals surface area contributed by atoms with E-state index < -0.39 is 5.60 Å². The molecule has 2 aromatic carbocycles. The Morgan fingerprint density at radius 3 is 2.19 bits per heavy atom. The van der Waals surface area contributed by atoms with Crippen LogP contribution in [0.4, 0.5) is 5.82 Å². The van der Waals surface area contributed by atoms with E-state index in [0.717, 1.165) is 17.1 Å². The number of piperazine rings is 1. The molecule has 0 aliphatic carbocycles. The first kappa shape index (κ1) is 21.1. The predicted molar refractivity (Wildman–Crippen MR) is 122 cm³/mol. The van der Waals surface area contributed by atoms with Crippen molar-refractivity contribution in [1.82, 2.24) is 15.1 Å². The van der Waals surface area contributed by atoms with Crippen molar-refractivity contribution < 1.29 is 9.53 Å².